The molecule has 4 aliphatic rings. The normalized spacial score (nSPS) is 44.1. The Balaban J connectivity index is 1.51. The van der Waals surface area contributed by atoms with E-state index >= 15 is 0 Å². The van der Waals surface area contributed by atoms with Gasteiger partial charge in [-0.15, -0.1) is 0 Å². The highest BCUT2D eigenvalue weighted by Crippen LogP contribution is 2.67. The Morgan fingerprint density at radius 1 is 1.13 bits per heavy atom. The number of hydrogen-bond acceptors (Lipinski definition) is 2. The van der Waals surface area contributed by atoms with Gasteiger partial charge in [0, 0.05) is 6.61 Å². The van der Waals surface area contributed by atoms with Gasteiger partial charge < -0.3 is 10.2 Å². The van der Waals surface area contributed by atoms with Crippen LogP contribution in [0.5, 0.6) is 0 Å². The topological polar surface area (TPSA) is 40.5 Å². The van der Waals surface area contributed by atoms with Crippen LogP contribution >= 0.6 is 0 Å². The molecule has 3 saturated carbocycles. The summed E-state index contributed by atoms with van der Waals surface area (Å²) in [4.78, 5) is 0. The lowest BCUT2D eigenvalue weighted by atomic mass is 9.47. The van der Waals surface area contributed by atoms with E-state index in [2.05, 4.69) is 40.3 Å². The standard InChI is InChI=1S/C28H46O2/c1-18(2)19(3)6-7-20(17-29)24-10-11-25-23-9-8-21-16-22(30)12-14-27(21,4)26(23)13-15-28(24,25)5/h8,18,20,22-26,29-30H,3,6-7,9-17H2,1-2,4-5H3. The van der Waals surface area contributed by atoms with E-state index in [0.717, 1.165) is 43.4 Å². The van der Waals surface area contributed by atoms with Gasteiger partial charge >= 0.3 is 0 Å². The van der Waals surface area contributed by atoms with E-state index in [9.17, 15) is 10.2 Å². The first-order valence-corrected chi connectivity index (χ1v) is 12.9. The molecule has 2 N–H and O–H groups in total. The molecule has 4 rings (SSSR count). The van der Waals surface area contributed by atoms with Crippen molar-refractivity contribution in [1.29, 1.82) is 0 Å². The molecule has 170 valence electrons. The monoisotopic (exact) mass is 414 g/mol. The first-order chi connectivity index (χ1) is 14.2. The van der Waals surface area contributed by atoms with Crippen molar-refractivity contribution in [3.63, 3.8) is 0 Å². The second kappa shape index (κ2) is 8.39. The zero-order chi connectivity index (χ0) is 21.7. The van der Waals surface area contributed by atoms with Gasteiger partial charge in [0.15, 0.2) is 0 Å². The lowest BCUT2D eigenvalue weighted by Gasteiger charge is -2.58. The molecule has 0 aromatic heterocycles. The number of rotatable bonds is 6. The predicted molar refractivity (Wildman–Crippen MR) is 125 cm³/mol. The van der Waals surface area contributed by atoms with Gasteiger partial charge in [-0.3, -0.25) is 0 Å². The molecule has 0 radical (unpaired) electrons. The Hall–Kier alpha value is -0.600. The summed E-state index contributed by atoms with van der Waals surface area (Å²) in [6, 6.07) is 0. The number of allylic oxidation sites excluding steroid dienone is 2. The molecule has 0 amide bonds. The number of aliphatic hydroxyl groups excluding tert-OH is 2. The van der Waals surface area contributed by atoms with Crippen LogP contribution in [0.25, 0.3) is 0 Å². The van der Waals surface area contributed by atoms with E-state index in [0.29, 0.717) is 35.2 Å². The van der Waals surface area contributed by atoms with E-state index < -0.39 is 0 Å². The minimum Gasteiger partial charge on any atom is -0.396 e. The average molecular weight is 415 g/mol. The molecule has 30 heavy (non-hydrogen) atoms. The average Bonchev–Trinajstić information content (AvgIpc) is 3.06. The minimum absolute atomic E-state index is 0.114. The molecule has 8 unspecified atom stereocenters. The summed E-state index contributed by atoms with van der Waals surface area (Å²) in [5, 5.41) is 20.6. The Morgan fingerprint density at radius 3 is 2.60 bits per heavy atom. The maximum atomic E-state index is 10.3. The molecular weight excluding hydrogens is 368 g/mol. The second-order valence-electron chi connectivity index (χ2n) is 12.2. The number of aliphatic hydroxyl groups is 2. The van der Waals surface area contributed by atoms with Crippen molar-refractivity contribution in [1.82, 2.24) is 0 Å². The Kier molecular flexibility index (Phi) is 6.32. The second-order valence-corrected chi connectivity index (χ2v) is 12.2. The molecule has 0 heterocycles. The minimum atomic E-state index is -0.114. The highest BCUT2D eigenvalue weighted by Gasteiger charge is 2.59. The van der Waals surface area contributed by atoms with Gasteiger partial charge in [0.2, 0.25) is 0 Å². The van der Waals surface area contributed by atoms with Gasteiger partial charge in [-0.05, 0) is 111 Å². The maximum absolute atomic E-state index is 10.3. The molecule has 0 aromatic carbocycles. The smallest absolute Gasteiger partial charge is 0.0577 e. The molecule has 0 saturated heterocycles. The lowest BCUT2D eigenvalue weighted by molar-refractivity contribution is -0.0621. The van der Waals surface area contributed by atoms with Gasteiger partial charge in [-0.25, -0.2) is 0 Å². The van der Waals surface area contributed by atoms with E-state index in [4.69, 9.17) is 0 Å². The molecule has 3 fully saturated rings. The van der Waals surface area contributed by atoms with Gasteiger partial charge in [0.1, 0.15) is 0 Å². The van der Waals surface area contributed by atoms with Crippen molar-refractivity contribution in [2.24, 2.45) is 46.3 Å². The number of fused-ring (bicyclic) bond motifs is 5. The summed E-state index contributed by atoms with van der Waals surface area (Å²) < 4.78 is 0. The molecule has 2 heteroatoms. The van der Waals surface area contributed by atoms with Crippen LogP contribution in [0, 0.1) is 46.3 Å². The van der Waals surface area contributed by atoms with Crippen LogP contribution in [-0.4, -0.2) is 22.9 Å². The highest BCUT2D eigenvalue weighted by molar-refractivity contribution is 5.25. The molecule has 4 aliphatic carbocycles. The third kappa shape index (κ3) is 3.64. The van der Waals surface area contributed by atoms with Crippen molar-refractivity contribution in [3.05, 3.63) is 23.8 Å². The van der Waals surface area contributed by atoms with Crippen LogP contribution < -0.4 is 0 Å². The van der Waals surface area contributed by atoms with Crippen LogP contribution in [0.15, 0.2) is 23.8 Å². The summed E-state index contributed by atoms with van der Waals surface area (Å²) in [5.74, 6) is 4.06. The Labute approximate surface area is 185 Å². The maximum Gasteiger partial charge on any atom is 0.0577 e. The first-order valence-electron chi connectivity index (χ1n) is 12.9. The highest BCUT2D eigenvalue weighted by atomic mass is 16.3. The Morgan fingerprint density at radius 2 is 1.90 bits per heavy atom. The van der Waals surface area contributed by atoms with Crippen molar-refractivity contribution in [2.45, 2.75) is 98.0 Å². The quantitative estimate of drug-likeness (QED) is 0.485. The molecular formula is C28H46O2. The third-order valence-corrected chi connectivity index (χ3v) is 10.6. The van der Waals surface area contributed by atoms with Gasteiger partial charge in [0.05, 0.1) is 6.10 Å². The molecule has 2 nitrogen and oxygen atoms in total. The summed E-state index contributed by atoms with van der Waals surface area (Å²) in [6.07, 6.45) is 14.2. The summed E-state index contributed by atoms with van der Waals surface area (Å²) in [7, 11) is 0. The SMILES string of the molecule is C=C(CCC(CO)C1CCC2C3CC=C4CC(O)CCC4(C)C3CCC12C)C(C)C. The van der Waals surface area contributed by atoms with E-state index in [-0.39, 0.29) is 6.10 Å². The molecule has 0 aromatic rings. The van der Waals surface area contributed by atoms with Crippen LogP contribution in [-0.2, 0) is 0 Å². The summed E-state index contributed by atoms with van der Waals surface area (Å²) in [5.41, 5.74) is 3.63. The molecule has 0 aliphatic heterocycles. The largest absolute Gasteiger partial charge is 0.396 e. The van der Waals surface area contributed by atoms with Crippen molar-refractivity contribution >= 4 is 0 Å². The van der Waals surface area contributed by atoms with Gasteiger partial charge in [-0.2, -0.15) is 0 Å². The first kappa shape index (κ1) is 22.6. The lowest BCUT2D eigenvalue weighted by Crippen LogP contribution is -2.51. The van der Waals surface area contributed by atoms with Gasteiger partial charge in [0.25, 0.3) is 0 Å². The fourth-order valence-corrected chi connectivity index (χ4v) is 8.54. The fraction of sp³-hybridized carbons (Fsp3) is 0.857. The summed E-state index contributed by atoms with van der Waals surface area (Å²) >= 11 is 0. The van der Waals surface area contributed by atoms with Crippen molar-refractivity contribution in [2.75, 3.05) is 6.61 Å². The van der Waals surface area contributed by atoms with Crippen LogP contribution in [0.3, 0.4) is 0 Å². The zero-order valence-electron chi connectivity index (χ0n) is 20.0. The number of hydrogen-bond donors (Lipinski definition) is 2. The van der Waals surface area contributed by atoms with E-state index in [1.54, 1.807) is 5.57 Å². The van der Waals surface area contributed by atoms with Crippen molar-refractivity contribution < 1.29 is 10.2 Å². The van der Waals surface area contributed by atoms with Crippen LogP contribution in [0.2, 0.25) is 0 Å². The molecule has 8 atom stereocenters. The Bertz CT molecular complexity index is 678. The summed E-state index contributed by atoms with van der Waals surface area (Å²) in [6.45, 7) is 14.2. The molecule has 0 bridgehead atoms. The van der Waals surface area contributed by atoms with E-state index in [1.807, 2.05) is 0 Å². The van der Waals surface area contributed by atoms with E-state index in [1.165, 1.54) is 44.1 Å². The van der Waals surface area contributed by atoms with Crippen LogP contribution in [0.4, 0.5) is 0 Å². The molecule has 0 spiro atoms. The third-order valence-electron chi connectivity index (χ3n) is 10.6. The fourth-order valence-electron chi connectivity index (χ4n) is 8.54. The zero-order valence-corrected chi connectivity index (χ0v) is 20.0. The van der Waals surface area contributed by atoms with Crippen molar-refractivity contribution in [3.8, 4) is 0 Å². The van der Waals surface area contributed by atoms with Crippen LogP contribution in [0.1, 0.15) is 91.9 Å². The van der Waals surface area contributed by atoms with Gasteiger partial charge in [-0.1, -0.05) is 51.5 Å². The predicted octanol–water partition coefficient (Wildman–Crippen LogP) is 6.53.